The molecule has 0 aromatic rings. The van der Waals surface area contributed by atoms with Crippen LogP contribution in [0.5, 0.6) is 0 Å². The summed E-state index contributed by atoms with van der Waals surface area (Å²) in [6.45, 7) is 7.60. The number of quaternary nitrogens is 1. The van der Waals surface area contributed by atoms with E-state index in [4.69, 9.17) is 14.2 Å². The van der Waals surface area contributed by atoms with Gasteiger partial charge in [-0.3, -0.25) is 0 Å². The Balaban J connectivity index is 2.30. The van der Waals surface area contributed by atoms with Crippen LogP contribution in [-0.4, -0.2) is 103 Å². The van der Waals surface area contributed by atoms with Crippen molar-refractivity contribution in [3.63, 3.8) is 0 Å². The van der Waals surface area contributed by atoms with Crippen molar-refractivity contribution in [1.29, 1.82) is 0 Å². The zero-order valence-corrected chi connectivity index (χ0v) is 22.3. The predicted molar refractivity (Wildman–Crippen MR) is 132 cm³/mol. The molecule has 1 aliphatic rings. The second-order valence-corrected chi connectivity index (χ2v) is 11.0. The number of aliphatic hydroxyl groups is 3. The lowest BCUT2D eigenvalue weighted by Crippen LogP contribution is -2.65. The van der Waals surface area contributed by atoms with Crippen LogP contribution in [0.15, 0.2) is 0 Å². The van der Waals surface area contributed by atoms with Gasteiger partial charge in [0, 0.05) is 7.11 Å². The molecule has 0 amide bonds. The van der Waals surface area contributed by atoms with Crippen LogP contribution in [0.2, 0.25) is 0 Å². The van der Waals surface area contributed by atoms with Gasteiger partial charge in [0.05, 0.1) is 40.0 Å². The van der Waals surface area contributed by atoms with Gasteiger partial charge < -0.3 is 34.0 Å². The summed E-state index contributed by atoms with van der Waals surface area (Å²) >= 11 is 0. The summed E-state index contributed by atoms with van der Waals surface area (Å²) in [6, 6.07) is 0. The van der Waals surface area contributed by atoms with Crippen molar-refractivity contribution >= 4 is 0 Å². The van der Waals surface area contributed by atoms with Crippen LogP contribution in [-0.2, 0) is 14.2 Å². The number of likely N-dealkylation sites (N-methyl/N-ethyl adjacent to an activating group) is 1. The normalized spacial score (nSPS) is 29.4. The van der Waals surface area contributed by atoms with Crippen LogP contribution in [0.1, 0.15) is 85.0 Å². The Morgan fingerprint density at radius 3 is 2.06 bits per heavy atom. The number of rotatable bonds is 18. The zero-order chi connectivity index (χ0) is 24.9. The van der Waals surface area contributed by atoms with Crippen molar-refractivity contribution in [2.24, 2.45) is 0 Å². The first-order valence-electron chi connectivity index (χ1n) is 13.2. The van der Waals surface area contributed by atoms with Crippen molar-refractivity contribution in [2.75, 3.05) is 47.5 Å². The van der Waals surface area contributed by atoms with Crippen LogP contribution in [0, 0.1) is 0 Å². The van der Waals surface area contributed by atoms with E-state index in [0.717, 1.165) is 17.4 Å². The molecule has 1 rings (SSSR count). The molecule has 1 saturated heterocycles. The summed E-state index contributed by atoms with van der Waals surface area (Å²) in [5, 5.41) is 31.8. The average molecular weight is 477 g/mol. The van der Waals surface area contributed by atoms with Crippen molar-refractivity contribution in [3.8, 4) is 0 Å². The Kier molecular flexibility index (Phi) is 14.6. The molecule has 1 aliphatic heterocycles. The van der Waals surface area contributed by atoms with Gasteiger partial charge in [0.25, 0.3) is 0 Å². The molecule has 0 aromatic carbocycles. The molecule has 0 spiro atoms. The number of unbranched alkanes of at least 4 members (excludes halogenated alkanes) is 9. The van der Waals surface area contributed by atoms with Crippen molar-refractivity contribution < 1.29 is 34.0 Å². The minimum absolute atomic E-state index is 0.0638. The van der Waals surface area contributed by atoms with E-state index in [2.05, 4.69) is 21.0 Å². The lowest BCUT2D eigenvalue weighted by Gasteiger charge is -2.47. The van der Waals surface area contributed by atoms with Gasteiger partial charge in [0.15, 0.2) is 0 Å². The van der Waals surface area contributed by atoms with Crippen LogP contribution >= 0.6 is 0 Å². The Labute approximate surface area is 203 Å². The number of nitrogens with zero attached hydrogens (tertiary/aromatic N) is 1. The monoisotopic (exact) mass is 476 g/mol. The molecule has 6 atom stereocenters. The fourth-order valence-electron chi connectivity index (χ4n) is 4.93. The Bertz CT molecular complexity index is 505. The Hall–Kier alpha value is -0.280. The summed E-state index contributed by atoms with van der Waals surface area (Å²) in [5.74, 6) is 0. The number of hydrogen-bond donors (Lipinski definition) is 3. The van der Waals surface area contributed by atoms with Gasteiger partial charge in [0.2, 0.25) is 0 Å². The van der Waals surface area contributed by atoms with E-state index in [9.17, 15) is 15.3 Å². The molecule has 1 heterocycles. The SMILES string of the molecule is CCCCCCCCCCCC[N+](C)(C)CC(O)COC1[C@@H](O)[C@@H](C)OC(C)(COC)[C@@H]1O. The highest BCUT2D eigenvalue weighted by atomic mass is 16.6. The third kappa shape index (κ3) is 11.3. The molecular weight excluding hydrogens is 422 g/mol. The number of aliphatic hydroxyl groups excluding tert-OH is 3. The molecule has 198 valence electrons. The summed E-state index contributed by atoms with van der Waals surface area (Å²) in [7, 11) is 5.81. The molecule has 7 heteroatoms. The lowest BCUT2D eigenvalue weighted by atomic mass is 9.86. The maximum absolute atomic E-state index is 10.7. The molecule has 0 aliphatic carbocycles. The zero-order valence-electron chi connectivity index (χ0n) is 22.3. The second-order valence-electron chi connectivity index (χ2n) is 11.0. The van der Waals surface area contributed by atoms with E-state index in [1.807, 2.05) is 0 Å². The molecular formula is C26H54NO6+. The fraction of sp³-hybridized carbons (Fsp3) is 1.00. The molecule has 0 bridgehead atoms. The highest BCUT2D eigenvalue weighted by molar-refractivity contribution is 4.99. The summed E-state index contributed by atoms with van der Waals surface area (Å²) in [4.78, 5) is 0. The number of ether oxygens (including phenoxy) is 3. The van der Waals surface area contributed by atoms with Crippen LogP contribution < -0.4 is 0 Å². The van der Waals surface area contributed by atoms with Gasteiger partial charge in [-0.1, -0.05) is 58.3 Å². The predicted octanol–water partition coefficient (Wildman–Crippen LogP) is 3.28. The van der Waals surface area contributed by atoms with Gasteiger partial charge in [-0.2, -0.15) is 0 Å². The quantitative estimate of drug-likeness (QED) is 0.208. The van der Waals surface area contributed by atoms with Crippen LogP contribution in [0.3, 0.4) is 0 Å². The molecule has 3 N–H and O–H groups in total. The average Bonchev–Trinajstić information content (AvgIpc) is 2.73. The minimum Gasteiger partial charge on any atom is -0.388 e. The molecule has 0 saturated carbocycles. The summed E-state index contributed by atoms with van der Waals surface area (Å²) < 4.78 is 17.5. The molecule has 7 nitrogen and oxygen atoms in total. The maximum Gasteiger partial charge on any atom is 0.126 e. The van der Waals surface area contributed by atoms with E-state index in [0.29, 0.717) is 6.54 Å². The largest absolute Gasteiger partial charge is 0.388 e. The molecule has 3 unspecified atom stereocenters. The van der Waals surface area contributed by atoms with E-state index < -0.39 is 36.1 Å². The van der Waals surface area contributed by atoms with Crippen molar-refractivity contribution in [2.45, 2.75) is 121 Å². The molecule has 0 radical (unpaired) electrons. The van der Waals surface area contributed by atoms with E-state index in [1.165, 1.54) is 57.8 Å². The molecule has 0 aromatic heterocycles. The third-order valence-corrected chi connectivity index (χ3v) is 6.94. The van der Waals surface area contributed by atoms with Gasteiger partial charge in [-0.05, 0) is 26.7 Å². The van der Waals surface area contributed by atoms with E-state index in [1.54, 1.807) is 21.0 Å². The fourth-order valence-corrected chi connectivity index (χ4v) is 4.93. The first-order chi connectivity index (χ1) is 15.6. The minimum atomic E-state index is -1.05. The van der Waals surface area contributed by atoms with Gasteiger partial charge in [0.1, 0.15) is 36.6 Å². The Morgan fingerprint density at radius 1 is 0.970 bits per heavy atom. The Morgan fingerprint density at radius 2 is 1.52 bits per heavy atom. The standard InChI is InChI=1S/C26H54NO6/c1-7-8-9-10-11-12-13-14-15-16-17-27(4,5)18-22(28)19-32-24-23(29)21(2)33-26(3,20-31-6)25(24)30/h21-25,28-30H,7-20H2,1-6H3/q+1/t21-,22?,23+,24?,25-,26?/m1/s1. The van der Waals surface area contributed by atoms with E-state index >= 15 is 0 Å². The second kappa shape index (κ2) is 15.7. The lowest BCUT2D eigenvalue weighted by molar-refractivity contribution is -0.893. The first-order valence-corrected chi connectivity index (χ1v) is 13.2. The summed E-state index contributed by atoms with van der Waals surface area (Å²) in [6.07, 6.45) is 9.14. The third-order valence-electron chi connectivity index (χ3n) is 6.94. The highest BCUT2D eigenvalue weighted by Gasteiger charge is 2.50. The van der Waals surface area contributed by atoms with Crippen molar-refractivity contribution in [3.05, 3.63) is 0 Å². The van der Waals surface area contributed by atoms with Crippen LogP contribution in [0.25, 0.3) is 0 Å². The number of hydrogen-bond acceptors (Lipinski definition) is 6. The number of methoxy groups -OCH3 is 1. The van der Waals surface area contributed by atoms with Crippen LogP contribution in [0.4, 0.5) is 0 Å². The van der Waals surface area contributed by atoms with Gasteiger partial charge in [-0.15, -0.1) is 0 Å². The first kappa shape index (κ1) is 30.8. The van der Waals surface area contributed by atoms with Gasteiger partial charge >= 0.3 is 0 Å². The van der Waals surface area contributed by atoms with E-state index in [-0.39, 0.29) is 13.2 Å². The smallest absolute Gasteiger partial charge is 0.126 e. The maximum atomic E-state index is 10.7. The molecule has 1 fully saturated rings. The highest BCUT2D eigenvalue weighted by Crippen LogP contribution is 2.31. The van der Waals surface area contributed by atoms with Gasteiger partial charge in [-0.25, -0.2) is 0 Å². The molecule has 33 heavy (non-hydrogen) atoms. The topological polar surface area (TPSA) is 88.4 Å². The van der Waals surface area contributed by atoms with Crippen molar-refractivity contribution in [1.82, 2.24) is 0 Å². The summed E-state index contributed by atoms with van der Waals surface area (Å²) in [5.41, 5.74) is -0.964.